The van der Waals surface area contributed by atoms with E-state index >= 15 is 0 Å². The molecule has 0 spiro atoms. The van der Waals surface area contributed by atoms with E-state index in [-0.39, 0.29) is 39.4 Å². The third-order valence-corrected chi connectivity index (χ3v) is 8.19. The highest BCUT2D eigenvalue weighted by molar-refractivity contribution is 7.72. The Labute approximate surface area is 245 Å². The Morgan fingerprint density at radius 2 is 1.85 bits per heavy atom. The van der Waals surface area contributed by atoms with Gasteiger partial charge < -0.3 is 14.8 Å². The van der Waals surface area contributed by atoms with Crippen LogP contribution in [0.4, 0.5) is 0 Å². The highest BCUT2D eigenvalue weighted by Crippen LogP contribution is 2.34. The molecular formula is C28H23Cl2N3O7S. The number of carboxylic acids is 1. The third-order valence-electron chi connectivity index (χ3n) is 6.77. The maximum Gasteiger partial charge on any atom is 0.326 e. The van der Waals surface area contributed by atoms with Gasteiger partial charge in [-0.15, -0.1) is 0 Å². The number of rotatable bonds is 8. The van der Waals surface area contributed by atoms with E-state index in [0.717, 1.165) is 5.39 Å². The second-order valence-corrected chi connectivity index (χ2v) is 11.3. The van der Waals surface area contributed by atoms with E-state index in [1.165, 1.54) is 18.2 Å². The summed E-state index contributed by atoms with van der Waals surface area (Å²) in [5.41, 5.74) is 5.64. The minimum Gasteiger partial charge on any atom is -0.480 e. The van der Waals surface area contributed by atoms with Crippen LogP contribution in [0.5, 0.6) is 0 Å². The molecule has 3 aromatic carbocycles. The molecule has 0 bridgehead atoms. The van der Waals surface area contributed by atoms with Crippen molar-refractivity contribution < 1.29 is 32.3 Å². The summed E-state index contributed by atoms with van der Waals surface area (Å²) in [4.78, 5) is 38.0. The molecule has 1 atom stereocenters. The van der Waals surface area contributed by atoms with E-state index < -0.39 is 28.6 Å². The van der Waals surface area contributed by atoms with Crippen LogP contribution in [0.3, 0.4) is 0 Å². The fraction of sp³-hybridized carbons (Fsp3) is 0.179. The summed E-state index contributed by atoms with van der Waals surface area (Å²) in [6.07, 6.45) is 1.79. The van der Waals surface area contributed by atoms with Crippen molar-refractivity contribution in [3.8, 4) is 0 Å². The normalized spacial score (nSPS) is 14.0. The lowest BCUT2D eigenvalue weighted by Gasteiger charge is -2.30. The first kappa shape index (κ1) is 28.6. The summed E-state index contributed by atoms with van der Waals surface area (Å²) >= 11 is 13.1. The lowest BCUT2D eigenvalue weighted by molar-refractivity contribution is -0.139. The van der Waals surface area contributed by atoms with Gasteiger partial charge in [0.2, 0.25) is 0 Å². The van der Waals surface area contributed by atoms with Crippen molar-refractivity contribution in [2.75, 3.05) is 6.54 Å². The van der Waals surface area contributed by atoms with Crippen molar-refractivity contribution in [2.45, 2.75) is 30.3 Å². The van der Waals surface area contributed by atoms with E-state index in [1.54, 1.807) is 41.6 Å². The molecule has 41 heavy (non-hydrogen) atoms. The van der Waals surface area contributed by atoms with Crippen LogP contribution in [0.1, 0.15) is 37.4 Å². The molecule has 0 aliphatic carbocycles. The zero-order chi connectivity index (χ0) is 29.3. The summed E-state index contributed by atoms with van der Waals surface area (Å²) in [5, 5.41) is 14.9. The van der Waals surface area contributed by atoms with Crippen molar-refractivity contribution in [2.24, 2.45) is 0 Å². The van der Waals surface area contributed by atoms with Gasteiger partial charge in [-0.2, -0.15) is 0 Å². The molecule has 10 nitrogen and oxygen atoms in total. The molecule has 0 fully saturated rings. The number of carbonyl (C=O) groups excluding carboxylic acids is 2. The Balaban J connectivity index is 1.30. The number of fused-ring (bicyclic) bond motifs is 2. The van der Waals surface area contributed by atoms with Crippen molar-refractivity contribution in [1.29, 1.82) is 0 Å². The quantitative estimate of drug-likeness (QED) is 0.219. The maximum absolute atomic E-state index is 13.2. The molecule has 212 valence electrons. The molecule has 1 aromatic heterocycles. The van der Waals surface area contributed by atoms with Gasteiger partial charge in [0.05, 0.1) is 26.8 Å². The second-order valence-electron chi connectivity index (χ2n) is 9.47. The zero-order valence-corrected chi connectivity index (χ0v) is 23.6. The van der Waals surface area contributed by atoms with E-state index in [1.807, 2.05) is 6.07 Å². The number of hydrogen-bond acceptors (Lipinski definition) is 7. The lowest BCUT2D eigenvalue weighted by atomic mass is 9.97. The number of nitrogens with zero attached hydrogens (tertiary/aromatic N) is 1. The number of furan rings is 1. The number of amides is 2. The molecule has 0 radical (unpaired) electrons. The Hall–Kier alpha value is -3.90. The van der Waals surface area contributed by atoms with Crippen LogP contribution >= 0.6 is 23.2 Å². The van der Waals surface area contributed by atoms with Gasteiger partial charge in [-0.1, -0.05) is 41.4 Å². The van der Waals surface area contributed by atoms with E-state index in [2.05, 4.69) is 10.7 Å². The lowest BCUT2D eigenvalue weighted by Crippen LogP contribution is -2.45. The van der Waals surface area contributed by atoms with Gasteiger partial charge in [-0.3, -0.25) is 15.0 Å². The molecule has 5 rings (SSSR count). The number of carbonyl (C=O) groups is 3. The van der Waals surface area contributed by atoms with Crippen LogP contribution in [0.15, 0.2) is 70.2 Å². The maximum atomic E-state index is 13.2. The second kappa shape index (κ2) is 11.9. The average Bonchev–Trinajstić information content (AvgIpc) is 3.40. The number of hydrazine groups is 1. The molecule has 2 amide bonds. The Morgan fingerprint density at radius 3 is 2.61 bits per heavy atom. The highest BCUT2D eigenvalue weighted by atomic mass is 35.5. The van der Waals surface area contributed by atoms with Crippen molar-refractivity contribution in [3.05, 3.63) is 98.7 Å². The number of carboxylic acid groups (broad SMARTS) is 1. The first-order valence-corrected chi connectivity index (χ1v) is 14.3. The number of thiol groups is 1. The summed E-state index contributed by atoms with van der Waals surface area (Å²) in [7, 11) is -2.84. The van der Waals surface area contributed by atoms with E-state index in [0.29, 0.717) is 40.8 Å². The molecule has 3 N–H and O–H groups in total. The number of hydrogen-bond donors (Lipinski definition) is 4. The van der Waals surface area contributed by atoms with Crippen LogP contribution in [0.25, 0.3) is 11.0 Å². The van der Waals surface area contributed by atoms with Gasteiger partial charge in [-0.05, 0) is 59.5 Å². The molecule has 1 aliphatic heterocycles. The fourth-order valence-corrected chi connectivity index (χ4v) is 5.97. The fourth-order valence-electron chi connectivity index (χ4n) is 4.72. The topological polar surface area (TPSA) is 146 Å². The minimum absolute atomic E-state index is 0.0252. The van der Waals surface area contributed by atoms with Crippen molar-refractivity contribution in [1.82, 2.24) is 15.8 Å². The van der Waals surface area contributed by atoms with Gasteiger partial charge in [0.15, 0.2) is 10.7 Å². The number of aliphatic carboxylic acids is 1. The summed E-state index contributed by atoms with van der Waals surface area (Å²) in [6.45, 7) is 0.682. The van der Waals surface area contributed by atoms with Gasteiger partial charge in [0, 0.05) is 30.5 Å². The Bertz CT molecular complexity index is 1760. The van der Waals surface area contributed by atoms with Crippen LogP contribution in [0.2, 0.25) is 10.0 Å². The summed E-state index contributed by atoms with van der Waals surface area (Å²) < 4.78 is 28.0. The van der Waals surface area contributed by atoms with E-state index in [4.69, 9.17) is 27.6 Å². The van der Waals surface area contributed by atoms with Crippen LogP contribution in [-0.2, 0) is 34.9 Å². The Kier molecular flexibility index (Phi) is 8.32. The van der Waals surface area contributed by atoms with Gasteiger partial charge in [0.1, 0.15) is 11.6 Å². The smallest absolute Gasteiger partial charge is 0.326 e. The van der Waals surface area contributed by atoms with E-state index in [9.17, 15) is 27.9 Å². The number of halogens is 2. The van der Waals surface area contributed by atoms with Crippen molar-refractivity contribution >= 4 is 62.7 Å². The average molecular weight is 616 g/mol. The number of nitrogens with one attached hydrogen (secondary N) is 2. The SMILES string of the molecule is O=C(NN1CCc2c(cc(Cl)c(C(=O)N[C@@H](Cc3cccc([SH](=O)=O)c3)C(=O)O)c2Cl)C1)c1ccc2ccoc2c1. The van der Waals surface area contributed by atoms with Crippen molar-refractivity contribution in [3.63, 3.8) is 0 Å². The predicted molar refractivity (Wildman–Crippen MR) is 152 cm³/mol. The summed E-state index contributed by atoms with van der Waals surface area (Å²) in [5.74, 6) is -2.39. The van der Waals surface area contributed by atoms with Gasteiger partial charge >= 0.3 is 5.97 Å². The predicted octanol–water partition coefficient (Wildman–Crippen LogP) is 3.84. The zero-order valence-electron chi connectivity index (χ0n) is 21.2. The van der Waals surface area contributed by atoms with Gasteiger partial charge in [-0.25, -0.2) is 18.2 Å². The minimum atomic E-state index is -2.84. The molecule has 0 saturated carbocycles. The molecule has 2 heterocycles. The largest absolute Gasteiger partial charge is 0.480 e. The standard InChI is InChI=1S/C28H23Cl2N3O7S/c29-21-12-18-14-33(32-26(34)17-5-4-16-7-9-40-23(16)13-17)8-6-20(18)25(30)24(21)27(35)31-22(28(36)37)11-15-2-1-3-19(10-15)41(38)39/h1-5,7,9-10,12-13,22,41H,6,8,11,14H2,(H,31,35)(H,32,34)(H,36,37)/t22-/m0/s1. The first-order chi connectivity index (χ1) is 19.6. The monoisotopic (exact) mass is 615 g/mol. The highest BCUT2D eigenvalue weighted by Gasteiger charge is 2.29. The molecule has 13 heteroatoms. The first-order valence-electron chi connectivity index (χ1n) is 12.4. The molecule has 1 aliphatic rings. The number of benzene rings is 3. The van der Waals surface area contributed by atoms with Crippen LogP contribution in [-0.4, -0.2) is 48.9 Å². The molecule has 0 unspecified atom stereocenters. The molecular weight excluding hydrogens is 593 g/mol. The van der Waals surface area contributed by atoms with Crippen LogP contribution in [0, 0.1) is 0 Å². The Morgan fingerprint density at radius 1 is 1.05 bits per heavy atom. The summed E-state index contributed by atoms with van der Waals surface area (Å²) in [6, 6.07) is 13.0. The molecule has 0 saturated heterocycles. The van der Waals surface area contributed by atoms with Crippen LogP contribution < -0.4 is 10.7 Å². The molecule has 4 aromatic rings. The third kappa shape index (κ3) is 6.23. The van der Waals surface area contributed by atoms with Gasteiger partial charge in [0.25, 0.3) is 11.8 Å².